The van der Waals surface area contributed by atoms with Gasteiger partial charge in [-0.05, 0) is 0 Å². The smallest absolute Gasteiger partial charge is 0.370 e. The van der Waals surface area contributed by atoms with E-state index in [1.807, 2.05) is 0 Å². The molecule has 0 aliphatic carbocycles. The lowest BCUT2D eigenvalue weighted by atomic mass is 9.91. The molecule has 1 fully saturated rings. The number of morpholine rings is 1. The van der Waals surface area contributed by atoms with E-state index < -0.39 is 128 Å². The average molecular weight is 780 g/mol. The molecule has 0 amide bonds. The Morgan fingerprint density at radius 2 is 0.562 bits per heavy atom. The number of alkyl halides is 26. The molecule has 1 aliphatic heterocycles. The van der Waals surface area contributed by atoms with Crippen molar-refractivity contribution in [3.63, 3.8) is 0 Å². The molecular weight excluding hydrogens is 764 g/mol. The fourth-order valence-electron chi connectivity index (χ4n) is 3.96. The lowest BCUT2D eigenvalue weighted by Gasteiger charge is -2.45. The van der Waals surface area contributed by atoms with Crippen LogP contribution < -0.4 is 0 Å². The van der Waals surface area contributed by atoms with Crippen molar-refractivity contribution >= 4 is 0 Å². The SMILES string of the molecule is FC(F)(F)C(F)(F)C(F)(F)C(F)(F)C(F)(F)C(F)(F)CC[N+]1(CCC(F)(F)C(F)(F)C(F)(F)C(F)(F)C(F)(F)C(F)(F)F)CCOCC1. The quantitative estimate of drug-likeness (QED) is 0.126. The van der Waals surface area contributed by atoms with Crippen LogP contribution in [0.4, 0.5) is 114 Å². The van der Waals surface area contributed by atoms with Gasteiger partial charge in [-0.1, -0.05) is 0 Å². The van der Waals surface area contributed by atoms with E-state index in [9.17, 15) is 114 Å². The number of rotatable bonds is 14. The molecule has 288 valence electrons. The molecule has 0 aromatic rings. The first kappa shape index (κ1) is 44.1. The Hall–Kier alpha value is -1.90. The maximum atomic E-state index is 14.3. The molecule has 28 heteroatoms. The van der Waals surface area contributed by atoms with Crippen LogP contribution in [0.5, 0.6) is 0 Å². The Morgan fingerprint density at radius 1 is 0.333 bits per heavy atom. The molecule has 0 unspecified atom stereocenters. The summed E-state index contributed by atoms with van der Waals surface area (Å²) in [5, 5.41) is 0. The van der Waals surface area contributed by atoms with Crippen LogP contribution in [0.1, 0.15) is 12.8 Å². The summed E-state index contributed by atoms with van der Waals surface area (Å²) in [4.78, 5) is 0. The second-order valence-electron chi connectivity index (χ2n) is 10.3. The number of nitrogens with zero attached hydrogens (tertiary/aromatic N) is 1. The number of halogens is 26. The van der Waals surface area contributed by atoms with Crippen molar-refractivity contribution in [1.82, 2.24) is 0 Å². The molecule has 0 bridgehead atoms. The van der Waals surface area contributed by atoms with Crippen LogP contribution in [-0.2, 0) is 4.74 Å². The summed E-state index contributed by atoms with van der Waals surface area (Å²) in [6.45, 7) is -8.68. The summed E-state index contributed by atoms with van der Waals surface area (Å²) in [6, 6.07) is 0. The second-order valence-corrected chi connectivity index (χ2v) is 10.3. The van der Waals surface area contributed by atoms with Gasteiger partial charge in [-0.2, -0.15) is 114 Å². The number of hydrogen-bond donors (Lipinski definition) is 0. The third-order valence-electron chi connectivity index (χ3n) is 7.22. The fraction of sp³-hybridized carbons (Fsp3) is 1.00. The predicted molar refractivity (Wildman–Crippen MR) is 101 cm³/mol. The van der Waals surface area contributed by atoms with Crippen molar-refractivity contribution in [2.45, 2.75) is 84.4 Å². The van der Waals surface area contributed by atoms with Crippen molar-refractivity contribution in [2.75, 3.05) is 39.4 Å². The molecule has 0 saturated carbocycles. The third-order valence-corrected chi connectivity index (χ3v) is 7.22. The minimum absolute atomic E-state index is 0.956. The lowest BCUT2D eigenvalue weighted by Crippen LogP contribution is -2.71. The highest BCUT2D eigenvalue weighted by molar-refractivity contribution is 5.11. The molecular formula is C20H16F26NO+. The van der Waals surface area contributed by atoms with Crippen LogP contribution in [0.2, 0.25) is 0 Å². The van der Waals surface area contributed by atoms with Gasteiger partial charge < -0.3 is 9.22 Å². The van der Waals surface area contributed by atoms with E-state index in [0.29, 0.717) is 0 Å². The van der Waals surface area contributed by atoms with Crippen LogP contribution in [0.15, 0.2) is 0 Å². The maximum absolute atomic E-state index is 14.3. The van der Waals surface area contributed by atoms with Gasteiger partial charge in [0.1, 0.15) is 13.1 Å². The normalized spacial score (nSPS) is 19.1. The van der Waals surface area contributed by atoms with Gasteiger partial charge in [0.05, 0.1) is 39.1 Å². The largest absolute Gasteiger partial charge is 0.460 e. The molecule has 0 aromatic carbocycles. The van der Waals surface area contributed by atoms with E-state index in [1.165, 1.54) is 0 Å². The van der Waals surface area contributed by atoms with E-state index >= 15 is 0 Å². The van der Waals surface area contributed by atoms with Gasteiger partial charge in [0, 0.05) is 0 Å². The highest BCUT2D eigenvalue weighted by Gasteiger charge is 2.92. The van der Waals surface area contributed by atoms with Gasteiger partial charge >= 0.3 is 71.6 Å². The number of quaternary nitrogens is 1. The van der Waals surface area contributed by atoms with Crippen LogP contribution in [0, 0.1) is 0 Å². The maximum Gasteiger partial charge on any atom is 0.460 e. The zero-order chi connectivity index (χ0) is 38.9. The minimum atomic E-state index is -8.33. The van der Waals surface area contributed by atoms with Gasteiger partial charge in [0.25, 0.3) is 0 Å². The van der Waals surface area contributed by atoms with Crippen LogP contribution >= 0.6 is 0 Å². The number of hydrogen-bond acceptors (Lipinski definition) is 1. The van der Waals surface area contributed by atoms with Crippen molar-refractivity contribution in [3.05, 3.63) is 0 Å². The molecule has 0 N–H and O–H groups in total. The standard InChI is InChI=1S/C20H16F26NO/c21-9(22,11(25,26)13(29,30)15(33,34)17(37,38)19(41,42)43)1-3-47(5-7-48-8-6-47)4-2-10(23,24)12(27,28)14(31,32)16(35,36)18(39,40)20(44,45)46/h1-8H2/q+1. The van der Waals surface area contributed by atoms with Gasteiger partial charge in [-0.25, -0.2) is 0 Å². The first-order valence-corrected chi connectivity index (χ1v) is 12.0. The van der Waals surface area contributed by atoms with Crippen molar-refractivity contribution in [1.29, 1.82) is 0 Å². The molecule has 0 aromatic heterocycles. The summed E-state index contributed by atoms with van der Waals surface area (Å²) in [5.41, 5.74) is 0. The summed E-state index contributed by atoms with van der Waals surface area (Å²) >= 11 is 0. The van der Waals surface area contributed by atoms with Gasteiger partial charge in [-0.15, -0.1) is 0 Å². The first-order chi connectivity index (χ1) is 20.6. The molecule has 2 nitrogen and oxygen atoms in total. The lowest BCUT2D eigenvalue weighted by molar-refractivity contribution is -0.937. The van der Waals surface area contributed by atoms with Crippen LogP contribution in [0.25, 0.3) is 0 Å². The Bertz CT molecular complexity index is 1030. The molecule has 48 heavy (non-hydrogen) atoms. The second kappa shape index (κ2) is 12.1. The summed E-state index contributed by atoms with van der Waals surface area (Å²) in [6.07, 6.45) is -21.7. The summed E-state index contributed by atoms with van der Waals surface area (Å²) < 4.78 is 349. The zero-order valence-electron chi connectivity index (χ0n) is 22.3. The summed E-state index contributed by atoms with van der Waals surface area (Å²) in [7, 11) is 0. The highest BCUT2D eigenvalue weighted by atomic mass is 19.4. The van der Waals surface area contributed by atoms with Crippen LogP contribution in [-0.4, -0.2) is 115 Å². The van der Waals surface area contributed by atoms with E-state index in [4.69, 9.17) is 0 Å². The van der Waals surface area contributed by atoms with E-state index in [0.717, 1.165) is 0 Å². The van der Waals surface area contributed by atoms with E-state index in [1.54, 1.807) is 0 Å². The Morgan fingerprint density at radius 3 is 0.792 bits per heavy atom. The van der Waals surface area contributed by atoms with Crippen molar-refractivity contribution < 1.29 is 123 Å². The average Bonchev–Trinajstić information content (AvgIpc) is 2.89. The zero-order valence-corrected chi connectivity index (χ0v) is 22.3. The monoisotopic (exact) mass is 780 g/mol. The van der Waals surface area contributed by atoms with E-state index in [2.05, 4.69) is 4.74 Å². The van der Waals surface area contributed by atoms with E-state index in [-0.39, 0.29) is 0 Å². The topological polar surface area (TPSA) is 9.23 Å². The van der Waals surface area contributed by atoms with Gasteiger partial charge in [0.15, 0.2) is 0 Å². The van der Waals surface area contributed by atoms with Crippen molar-refractivity contribution in [3.8, 4) is 0 Å². The molecule has 0 spiro atoms. The van der Waals surface area contributed by atoms with Gasteiger partial charge in [0.2, 0.25) is 0 Å². The molecule has 1 rings (SSSR count). The third kappa shape index (κ3) is 6.52. The van der Waals surface area contributed by atoms with Crippen molar-refractivity contribution in [2.24, 2.45) is 0 Å². The fourth-order valence-corrected chi connectivity index (χ4v) is 3.96. The minimum Gasteiger partial charge on any atom is -0.370 e. The Kier molecular flexibility index (Phi) is 11.1. The van der Waals surface area contributed by atoms with Crippen LogP contribution in [0.3, 0.4) is 0 Å². The molecule has 1 saturated heterocycles. The number of ether oxygens (including phenoxy) is 1. The molecule has 1 heterocycles. The first-order valence-electron chi connectivity index (χ1n) is 12.0. The molecule has 0 atom stereocenters. The highest BCUT2D eigenvalue weighted by Crippen LogP contribution is 2.62. The molecule has 0 radical (unpaired) electrons. The Balaban J connectivity index is 3.46. The predicted octanol–water partition coefficient (Wildman–Crippen LogP) is 9.09. The van der Waals surface area contributed by atoms with Gasteiger partial charge in [-0.3, -0.25) is 0 Å². The summed E-state index contributed by atoms with van der Waals surface area (Å²) in [5.74, 6) is -78.9. The Labute approximate surface area is 248 Å². The molecule has 1 aliphatic rings.